The minimum Gasteiger partial charge on any atom is -0.504 e. The van der Waals surface area contributed by atoms with E-state index in [9.17, 15) is 95.8 Å². The Hall–Kier alpha value is -6.66. The standard InChI is InChI=1S/C59H74O34/c1-25(63)81-22-36-42(70)50(88-55-47(75)45(73)40(68)33(19-60)84-55)49(77)57(86-36)89-51-43(71)37(23-82-38(66)15-11-26-9-13-29(64)31(17-26)79-2)87-58(52(51)90-56-48(76)46(74)41(69)34(20-61)85-56)93-59(24-83-39(67)16-12-27-10-14-30(65)32(18-27)80-3)53(44(72)35(21-62)92-59)91-54(78)28-7-5-4-6-8-28/h4-18,33-37,40-53,55-58,60-62,64-65,68-77H,19-24H2,1-3H3/b15-11+,16-12+/t33-,34-,35-,36-,37-,40-,41-,42-,43-,44-,45+,46+,47-,48-,49-,50+,51+,52-,53+,55+,56+,57+,58-,59+/m1/s1. The van der Waals surface area contributed by atoms with E-state index in [-0.39, 0.29) is 34.1 Å². The number of aliphatic hydroxyl groups is 13. The topological polar surface area (TPSA) is 510 Å². The third-order valence-corrected chi connectivity index (χ3v) is 15.5. The lowest BCUT2D eigenvalue weighted by atomic mass is 9.95. The summed E-state index contributed by atoms with van der Waals surface area (Å²) >= 11 is 0. The van der Waals surface area contributed by atoms with Gasteiger partial charge in [-0.05, 0) is 59.7 Å². The summed E-state index contributed by atoms with van der Waals surface area (Å²) < 4.78 is 87.3. The number of aromatic hydroxyl groups is 2. The number of aliphatic hydroxyl groups excluding tert-OH is 13. The molecule has 0 bridgehead atoms. The van der Waals surface area contributed by atoms with Gasteiger partial charge in [0.15, 0.2) is 54.3 Å². The van der Waals surface area contributed by atoms with E-state index >= 15 is 0 Å². The van der Waals surface area contributed by atoms with Crippen LogP contribution in [0, 0.1) is 0 Å². The number of rotatable bonds is 25. The second kappa shape index (κ2) is 32.2. The fraction of sp³-hybridized carbons (Fsp3) is 0.559. The van der Waals surface area contributed by atoms with E-state index in [1.165, 1.54) is 87.0 Å². The van der Waals surface area contributed by atoms with E-state index in [1.807, 2.05) is 0 Å². The normalized spacial score (nSPS) is 36.3. The summed E-state index contributed by atoms with van der Waals surface area (Å²) in [7, 11) is 2.54. The summed E-state index contributed by atoms with van der Waals surface area (Å²) in [6.45, 7) is -5.41. The van der Waals surface area contributed by atoms with Crippen LogP contribution in [0.25, 0.3) is 12.2 Å². The first-order chi connectivity index (χ1) is 44.3. The molecule has 5 saturated heterocycles. The highest BCUT2D eigenvalue weighted by Gasteiger charge is 2.64. The van der Waals surface area contributed by atoms with E-state index in [1.54, 1.807) is 6.07 Å². The Balaban J connectivity index is 1.25. The molecule has 5 aliphatic rings. The third kappa shape index (κ3) is 16.9. The molecule has 0 aromatic heterocycles. The van der Waals surface area contributed by atoms with Crippen LogP contribution in [0.1, 0.15) is 28.4 Å². The van der Waals surface area contributed by atoms with Gasteiger partial charge in [0.05, 0.1) is 39.6 Å². The fourth-order valence-corrected chi connectivity index (χ4v) is 10.5. The summed E-state index contributed by atoms with van der Waals surface area (Å²) in [5, 5.41) is 165. The van der Waals surface area contributed by atoms with Gasteiger partial charge in [-0.3, -0.25) is 4.79 Å². The van der Waals surface area contributed by atoms with Crippen molar-refractivity contribution < 1.29 is 167 Å². The van der Waals surface area contributed by atoms with Crippen LogP contribution in [0.5, 0.6) is 23.0 Å². The molecule has 5 aliphatic heterocycles. The molecule has 0 radical (unpaired) electrons. The predicted molar refractivity (Wildman–Crippen MR) is 301 cm³/mol. The van der Waals surface area contributed by atoms with Gasteiger partial charge >= 0.3 is 23.9 Å². The maximum absolute atomic E-state index is 14.1. The van der Waals surface area contributed by atoms with Gasteiger partial charge in [-0.15, -0.1) is 0 Å². The fourth-order valence-electron chi connectivity index (χ4n) is 10.5. The molecule has 34 heteroatoms. The quantitative estimate of drug-likeness (QED) is 0.0214. The minimum atomic E-state index is -3.00. The van der Waals surface area contributed by atoms with E-state index in [4.69, 9.17) is 71.1 Å². The molecule has 3 aromatic carbocycles. The third-order valence-electron chi connectivity index (χ3n) is 15.5. The molecule has 0 spiro atoms. The molecule has 0 aliphatic carbocycles. The van der Waals surface area contributed by atoms with Gasteiger partial charge in [-0.25, -0.2) is 14.4 Å². The van der Waals surface area contributed by atoms with Crippen molar-refractivity contribution in [2.75, 3.05) is 53.9 Å². The molecule has 15 N–H and O–H groups in total. The summed E-state index contributed by atoms with van der Waals surface area (Å²) in [6, 6.07) is 15.1. The zero-order valence-electron chi connectivity index (χ0n) is 49.6. The van der Waals surface area contributed by atoms with Crippen molar-refractivity contribution in [2.45, 2.75) is 154 Å². The second-order valence-corrected chi connectivity index (χ2v) is 21.8. The Morgan fingerprint density at radius 2 is 0.957 bits per heavy atom. The molecular weight excluding hydrogens is 1250 g/mol. The molecule has 5 heterocycles. The van der Waals surface area contributed by atoms with Crippen molar-refractivity contribution in [1.29, 1.82) is 0 Å². The minimum absolute atomic E-state index is 0.00886. The second-order valence-electron chi connectivity index (χ2n) is 21.8. The van der Waals surface area contributed by atoms with Crippen molar-refractivity contribution in [3.05, 3.63) is 95.6 Å². The maximum atomic E-state index is 14.1. The van der Waals surface area contributed by atoms with Crippen LogP contribution in [0.3, 0.4) is 0 Å². The average Bonchev–Trinajstić information content (AvgIpc) is 1.71. The Kier molecular flexibility index (Phi) is 25.0. The summed E-state index contributed by atoms with van der Waals surface area (Å²) in [5.74, 6) is -7.99. The molecule has 93 heavy (non-hydrogen) atoms. The number of benzene rings is 3. The van der Waals surface area contributed by atoms with E-state index in [0.717, 1.165) is 19.1 Å². The number of ether oxygens (including phenoxy) is 15. The first-order valence-corrected chi connectivity index (χ1v) is 28.8. The van der Waals surface area contributed by atoms with Crippen molar-refractivity contribution in [1.82, 2.24) is 0 Å². The van der Waals surface area contributed by atoms with Crippen LogP contribution >= 0.6 is 0 Å². The SMILES string of the molecule is COc1cc(/C=C/C(=O)OC[C@H]2O[C@H](O[C@]3(COC(=O)/C=C/c4ccc(O)c(OC)c4)O[C@H](CO)[C@@H](O)[C@@H]3OC(=O)c3ccccc3)[C@H](O[C@@H]3O[C@H](CO)[C@@H](O)[C@H](O)[C@H]3O)[C@@H](O[C@@H]3O[C@H](COC(C)=O)[C@@H](O)[C@H](O[C@@H]4O[C@H](CO)[C@@H](O)[C@H](O)[C@H]4O)[C@H]3O)[C@@H]2O)ccc1O. The van der Waals surface area contributed by atoms with Gasteiger partial charge in [0.2, 0.25) is 5.79 Å². The van der Waals surface area contributed by atoms with Crippen molar-refractivity contribution >= 4 is 36.0 Å². The molecule has 0 saturated carbocycles. The van der Waals surface area contributed by atoms with Crippen LogP contribution in [0.2, 0.25) is 0 Å². The zero-order valence-corrected chi connectivity index (χ0v) is 49.6. The summed E-state index contributed by atoms with van der Waals surface area (Å²) in [4.78, 5) is 53.7. The zero-order chi connectivity index (χ0) is 67.6. The number of phenolic OH excluding ortho intramolecular Hbond substituents is 2. The lowest BCUT2D eigenvalue weighted by molar-refractivity contribution is -0.423. The maximum Gasteiger partial charge on any atom is 0.338 e. The summed E-state index contributed by atoms with van der Waals surface area (Å²) in [6.07, 6.45) is -45.3. The Morgan fingerprint density at radius 3 is 1.47 bits per heavy atom. The van der Waals surface area contributed by atoms with Gasteiger partial charge in [0.25, 0.3) is 0 Å². The van der Waals surface area contributed by atoms with Crippen molar-refractivity contribution in [3.63, 3.8) is 0 Å². The highest BCUT2D eigenvalue weighted by Crippen LogP contribution is 2.42. The molecule has 24 atom stereocenters. The number of methoxy groups -OCH3 is 2. The highest BCUT2D eigenvalue weighted by atomic mass is 16.8. The largest absolute Gasteiger partial charge is 0.504 e. The van der Waals surface area contributed by atoms with Crippen molar-refractivity contribution in [2.24, 2.45) is 0 Å². The van der Waals surface area contributed by atoms with E-state index < -0.39 is 210 Å². The molecule has 0 unspecified atom stereocenters. The van der Waals surface area contributed by atoms with Crippen molar-refractivity contribution in [3.8, 4) is 23.0 Å². The van der Waals surface area contributed by atoms with Gasteiger partial charge in [-0.2, -0.15) is 0 Å². The van der Waals surface area contributed by atoms with Gasteiger partial charge < -0.3 is 148 Å². The van der Waals surface area contributed by atoms with Gasteiger partial charge in [0.1, 0.15) is 130 Å². The van der Waals surface area contributed by atoms with Crippen LogP contribution in [0.15, 0.2) is 78.9 Å². The molecule has 3 aromatic rings. The Labute approximate surface area is 527 Å². The van der Waals surface area contributed by atoms with Crippen LogP contribution in [-0.2, 0) is 76.0 Å². The number of carbonyl (C=O) groups is 4. The number of hydrogen-bond acceptors (Lipinski definition) is 34. The molecule has 0 amide bonds. The lowest BCUT2D eigenvalue weighted by Crippen LogP contribution is -2.69. The first kappa shape index (κ1) is 72.2. The molecule has 514 valence electrons. The number of phenols is 2. The number of hydrogen-bond donors (Lipinski definition) is 15. The molecular formula is C59H74O34. The predicted octanol–water partition coefficient (Wildman–Crippen LogP) is -5.53. The lowest BCUT2D eigenvalue weighted by Gasteiger charge is -2.51. The number of carbonyl (C=O) groups excluding carboxylic acids is 4. The Morgan fingerprint density at radius 1 is 0.495 bits per heavy atom. The molecule has 5 fully saturated rings. The van der Waals surface area contributed by atoms with E-state index in [2.05, 4.69) is 0 Å². The first-order valence-electron chi connectivity index (χ1n) is 28.8. The molecule has 34 nitrogen and oxygen atoms in total. The average molecular weight is 1330 g/mol. The Bertz CT molecular complexity index is 3020. The summed E-state index contributed by atoms with van der Waals surface area (Å²) in [5.41, 5.74) is 0.423. The van der Waals surface area contributed by atoms with Gasteiger partial charge in [0, 0.05) is 19.1 Å². The van der Waals surface area contributed by atoms with Crippen LogP contribution < -0.4 is 9.47 Å². The molecule has 8 rings (SSSR count). The van der Waals surface area contributed by atoms with Crippen LogP contribution in [0.4, 0.5) is 0 Å². The van der Waals surface area contributed by atoms with Gasteiger partial charge in [-0.1, -0.05) is 30.3 Å². The monoisotopic (exact) mass is 1330 g/mol. The smallest absolute Gasteiger partial charge is 0.338 e. The van der Waals surface area contributed by atoms with Crippen LogP contribution in [-0.4, -0.2) is 301 Å². The number of esters is 4. The van der Waals surface area contributed by atoms with E-state index in [0.29, 0.717) is 5.56 Å². The highest BCUT2D eigenvalue weighted by molar-refractivity contribution is 5.90.